The highest BCUT2D eigenvalue weighted by atomic mass is 16.3. The predicted octanol–water partition coefficient (Wildman–Crippen LogP) is 2.50. The van der Waals surface area contributed by atoms with Gasteiger partial charge >= 0.3 is 0 Å². The topological polar surface area (TPSA) is 20.2 Å². The lowest BCUT2D eigenvalue weighted by molar-refractivity contribution is -0.00317. The Kier molecular flexibility index (Phi) is 1.87. The van der Waals surface area contributed by atoms with E-state index in [9.17, 15) is 5.11 Å². The summed E-state index contributed by atoms with van der Waals surface area (Å²) in [6, 6.07) is 0. The third-order valence-electron chi connectivity index (χ3n) is 2.22. The van der Waals surface area contributed by atoms with E-state index in [0.717, 1.165) is 19.3 Å². The van der Waals surface area contributed by atoms with Crippen molar-refractivity contribution in [3.8, 4) is 0 Å². The van der Waals surface area contributed by atoms with Crippen LogP contribution < -0.4 is 0 Å². The molecule has 1 heteroatoms. The summed E-state index contributed by atoms with van der Waals surface area (Å²) in [7, 11) is 0. The summed E-state index contributed by atoms with van der Waals surface area (Å²) >= 11 is 0. The molecule has 0 bridgehead atoms. The minimum Gasteiger partial charge on any atom is -0.390 e. The quantitative estimate of drug-likeness (QED) is 0.531. The van der Waals surface area contributed by atoms with Crippen molar-refractivity contribution in [3.63, 3.8) is 0 Å². The monoisotopic (exact) mass is 154 g/mol. The molecule has 1 rings (SSSR count). The molecule has 0 spiro atoms. The molecule has 1 fully saturated rings. The van der Waals surface area contributed by atoms with Gasteiger partial charge in [-0.1, -0.05) is 26.0 Å². The van der Waals surface area contributed by atoms with Gasteiger partial charge < -0.3 is 5.11 Å². The summed E-state index contributed by atoms with van der Waals surface area (Å²) in [5, 5.41) is 9.82. The molecule has 0 aromatic heterocycles. The first-order chi connectivity index (χ1) is 4.81. The molecule has 1 atom stereocenters. The van der Waals surface area contributed by atoms with Crippen LogP contribution in [-0.4, -0.2) is 10.7 Å². The lowest BCUT2D eigenvalue weighted by atomic mass is 9.69. The van der Waals surface area contributed by atoms with E-state index in [1.807, 2.05) is 6.92 Å². The predicted molar refractivity (Wildman–Crippen MR) is 47.4 cm³/mol. The molecule has 0 amide bonds. The van der Waals surface area contributed by atoms with E-state index in [0.29, 0.717) is 0 Å². The van der Waals surface area contributed by atoms with E-state index in [1.165, 1.54) is 5.57 Å². The molecule has 1 aliphatic rings. The van der Waals surface area contributed by atoms with Gasteiger partial charge in [-0.05, 0) is 31.6 Å². The Labute approximate surface area is 69.1 Å². The third kappa shape index (κ3) is 2.33. The first kappa shape index (κ1) is 8.79. The van der Waals surface area contributed by atoms with E-state index in [4.69, 9.17) is 0 Å². The Morgan fingerprint density at radius 3 is 2.18 bits per heavy atom. The molecule has 0 heterocycles. The van der Waals surface area contributed by atoms with Crippen LogP contribution in [0.5, 0.6) is 0 Å². The van der Waals surface area contributed by atoms with Gasteiger partial charge in [0.15, 0.2) is 0 Å². The first-order valence-electron chi connectivity index (χ1n) is 4.20. The molecule has 1 aliphatic carbocycles. The zero-order valence-corrected chi connectivity index (χ0v) is 7.78. The van der Waals surface area contributed by atoms with Gasteiger partial charge in [0.1, 0.15) is 0 Å². The lowest BCUT2D eigenvalue weighted by Crippen LogP contribution is -2.36. The maximum atomic E-state index is 9.82. The van der Waals surface area contributed by atoms with Crippen molar-refractivity contribution in [1.29, 1.82) is 0 Å². The molecule has 1 N–H and O–H groups in total. The summed E-state index contributed by atoms with van der Waals surface area (Å²) in [6.07, 6.45) is 2.72. The normalized spacial score (nSPS) is 37.3. The van der Waals surface area contributed by atoms with Crippen LogP contribution in [0.15, 0.2) is 12.2 Å². The van der Waals surface area contributed by atoms with Crippen LogP contribution in [0.25, 0.3) is 0 Å². The van der Waals surface area contributed by atoms with Crippen LogP contribution in [0.1, 0.15) is 40.0 Å². The second-order valence-corrected chi connectivity index (χ2v) is 4.94. The van der Waals surface area contributed by atoms with Gasteiger partial charge in [0, 0.05) is 0 Å². The molecule has 0 saturated heterocycles. The van der Waals surface area contributed by atoms with Crippen LogP contribution in [0.2, 0.25) is 0 Å². The minimum absolute atomic E-state index is 0.235. The summed E-state index contributed by atoms with van der Waals surface area (Å²) < 4.78 is 0. The number of aliphatic hydroxyl groups is 1. The van der Waals surface area contributed by atoms with E-state index >= 15 is 0 Å². The lowest BCUT2D eigenvalue weighted by Gasteiger charge is -2.40. The highest BCUT2D eigenvalue weighted by Crippen LogP contribution is 2.42. The second-order valence-electron chi connectivity index (χ2n) is 4.94. The highest BCUT2D eigenvalue weighted by molar-refractivity contribution is 5.09. The van der Waals surface area contributed by atoms with Crippen molar-refractivity contribution in [1.82, 2.24) is 0 Å². The smallest absolute Gasteiger partial charge is 0.0661 e. The van der Waals surface area contributed by atoms with E-state index in [2.05, 4.69) is 20.4 Å². The van der Waals surface area contributed by atoms with Crippen LogP contribution in [-0.2, 0) is 0 Å². The molecule has 0 aromatic carbocycles. The average Bonchev–Trinajstić information content (AvgIpc) is 1.49. The van der Waals surface area contributed by atoms with Gasteiger partial charge in [0.05, 0.1) is 5.60 Å². The van der Waals surface area contributed by atoms with Crippen molar-refractivity contribution in [2.75, 3.05) is 0 Å². The van der Waals surface area contributed by atoms with Gasteiger partial charge in [0.2, 0.25) is 0 Å². The molecular weight excluding hydrogens is 136 g/mol. The number of rotatable bonds is 0. The Morgan fingerprint density at radius 2 is 1.82 bits per heavy atom. The summed E-state index contributed by atoms with van der Waals surface area (Å²) in [5.74, 6) is 0. The van der Waals surface area contributed by atoms with Crippen LogP contribution in [0, 0.1) is 5.41 Å². The van der Waals surface area contributed by atoms with E-state index in [1.54, 1.807) is 0 Å². The van der Waals surface area contributed by atoms with Crippen LogP contribution in [0.4, 0.5) is 0 Å². The molecule has 1 unspecified atom stereocenters. The van der Waals surface area contributed by atoms with Gasteiger partial charge in [0.25, 0.3) is 0 Å². The summed E-state index contributed by atoms with van der Waals surface area (Å²) in [6.45, 7) is 10.2. The molecule has 1 saturated carbocycles. The Hall–Kier alpha value is -0.300. The minimum atomic E-state index is -0.515. The fourth-order valence-corrected chi connectivity index (χ4v) is 2.43. The Morgan fingerprint density at radius 1 is 1.27 bits per heavy atom. The molecular formula is C10H18O. The first-order valence-corrected chi connectivity index (χ1v) is 4.20. The van der Waals surface area contributed by atoms with E-state index < -0.39 is 5.60 Å². The highest BCUT2D eigenvalue weighted by Gasteiger charge is 2.36. The van der Waals surface area contributed by atoms with Crippen molar-refractivity contribution in [2.45, 2.75) is 45.6 Å². The molecule has 11 heavy (non-hydrogen) atoms. The summed E-state index contributed by atoms with van der Waals surface area (Å²) in [4.78, 5) is 0. The maximum absolute atomic E-state index is 9.82. The Bertz CT molecular complexity index is 159. The SMILES string of the molecule is C=C1CC(C)(C)CC(C)(O)C1. The van der Waals surface area contributed by atoms with Crippen molar-refractivity contribution >= 4 is 0 Å². The van der Waals surface area contributed by atoms with Crippen LogP contribution in [0.3, 0.4) is 0 Å². The summed E-state index contributed by atoms with van der Waals surface area (Å²) in [5.41, 5.74) is 0.906. The largest absolute Gasteiger partial charge is 0.390 e. The van der Waals surface area contributed by atoms with Crippen LogP contribution >= 0.6 is 0 Å². The molecule has 0 aliphatic heterocycles. The van der Waals surface area contributed by atoms with Gasteiger partial charge in [-0.15, -0.1) is 0 Å². The molecule has 1 nitrogen and oxygen atoms in total. The fourth-order valence-electron chi connectivity index (χ4n) is 2.43. The van der Waals surface area contributed by atoms with Gasteiger partial charge in [-0.25, -0.2) is 0 Å². The van der Waals surface area contributed by atoms with Crippen molar-refractivity contribution < 1.29 is 5.11 Å². The number of hydrogen-bond acceptors (Lipinski definition) is 1. The fraction of sp³-hybridized carbons (Fsp3) is 0.800. The van der Waals surface area contributed by atoms with Crippen molar-refractivity contribution in [3.05, 3.63) is 12.2 Å². The van der Waals surface area contributed by atoms with Gasteiger partial charge in [-0.3, -0.25) is 0 Å². The zero-order valence-electron chi connectivity index (χ0n) is 7.78. The standard InChI is InChI=1S/C10H18O/c1-8-5-9(2,3)7-10(4,11)6-8/h11H,1,5-7H2,2-4H3. The Balaban J connectivity index is 2.74. The zero-order chi connectivity index (χ0) is 8.70. The number of hydrogen-bond donors (Lipinski definition) is 1. The van der Waals surface area contributed by atoms with E-state index in [-0.39, 0.29) is 5.41 Å². The van der Waals surface area contributed by atoms with Crippen molar-refractivity contribution in [2.24, 2.45) is 5.41 Å². The average molecular weight is 154 g/mol. The second kappa shape index (κ2) is 2.34. The third-order valence-corrected chi connectivity index (χ3v) is 2.22. The maximum Gasteiger partial charge on any atom is 0.0661 e. The molecule has 0 radical (unpaired) electrons. The molecule has 64 valence electrons. The van der Waals surface area contributed by atoms with Gasteiger partial charge in [-0.2, -0.15) is 0 Å². The molecule has 0 aromatic rings.